The van der Waals surface area contributed by atoms with Gasteiger partial charge in [0, 0.05) is 18.3 Å². The lowest BCUT2D eigenvalue weighted by atomic mass is 9.82. The zero-order chi connectivity index (χ0) is 17.7. The molecule has 0 aromatic rings. The van der Waals surface area contributed by atoms with Gasteiger partial charge in [-0.15, -0.1) is 0 Å². The van der Waals surface area contributed by atoms with Crippen LogP contribution in [0.5, 0.6) is 0 Å². The Morgan fingerprint density at radius 2 is 1.91 bits per heavy atom. The summed E-state index contributed by atoms with van der Waals surface area (Å²) in [5.41, 5.74) is -0.669. The van der Waals surface area contributed by atoms with Gasteiger partial charge >= 0.3 is 0 Å². The molecule has 23 heavy (non-hydrogen) atoms. The molecule has 4 radical (unpaired) electrons. The van der Waals surface area contributed by atoms with Crippen LogP contribution in [0.1, 0.15) is 34.1 Å². The molecule has 2 aliphatic rings. The molecule has 2 heterocycles. The first-order chi connectivity index (χ1) is 10.3. The third kappa shape index (κ3) is 3.99. The Kier molecular flexibility index (Phi) is 5.40. The maximum absolute atomic E-state index is 11.8. The highest BCUT2D eigenvalue weighted by atomic mass is 31.2. The van der Waals surface area contributed by atoms with Crippen molar-refractivity contribution in [3.8, 4) is 0 Å². The second-order valence-corrected chi connectivity index (χ2v) is 14.5. The molecule has 0 saturated carbocycles. The fourth-order valence-corrected chi connectivity index (χ4v) is 5.01. The topological polar surface area (TPSA) is 54.0 Å². The van der Waals surface area contributed by atoms with Crippen LogP contribution in [0.2, 0.25) is 18.1 Å². The van der Waals surface area contributed by atoms with Gasteiger partial charge in [0.25, 0.3) is 7.47 Å². The third-order valence-electron chi connectivity index (χ3n) is 5.54. The van der Waals surface area contributed by atoms with Crippen molar-refractivity contribution in [1.29, 1.82) is 0 Å². The quantitative estimate of drug-likeness (QED) is 0.563. The van der Waals surface area contributed by atoms with Gasteiger partial charge in [-0.1, -0.05) is 27.7 Å². The first kappa shape index (κ1) is 19.7. The molecule has 2 saturated heterocycles. The SMILES string of the molecule is [B][C@@H]1O[C@@]2(CCOP([B])(=O)OC2)[C@H](C)C1O[Si](C)(C)C(C)(C)C. The fourth-order valence-electron chi connectivity index (χ4n) is 2.82. The van der Waals surface area contributed by atoms with Crippen LogP contribution in [-0.2, 0) is 22.8 Å². The van der Waals surface area contributed by atoms with Crippen molar-refractivity contribution < 1.29 is 22.8 Å². The standard InChI is InChI=1S/C14H27B2O5PSi/c1-10-11(21-23(5,6)13(2,3)4)12(15)20-14(10)7-8-18-22(16,17)19-9-14/h10-12H,7-9H2,1-6H3/t10-,11?,12-,14-,22?/m1/s1. The van der Waals surface area contributed by atoms with Gasteiger partial charge in [0.05, 0.1) is 24.9 Å². The normalized spacial score (nSPS) is 42.8. The first-order valence-corrected chi connectivity index (χ1v) is 12.6. The molecule has 2 fully saturated rings. The summed E-state index contributed by atoms with van der Waals surface area (Å²) in [6.07, 6.45) is 0.301. The lowest BCUT2D eigenvalue weighted by Gasteiger charge is -2.40. The molecule has 0 aliphatic carbocycles. The van der Waals surface area contributed by atoms with Crippen molar-refractivity contribution in [2.45, 2.75) is 70.0 Å². The first-order valence-electron chi connectivity index (χ1n) is 8.09. The fraction of sp³-hybridized carbons (Fsp3) is 1.00. The van der Waals surface area contributed by atoms with Crippen molar-refractivity contribution in [3.05, 3.63) is 0 Å². The summed E-state index contributed by atoms with van der Waals surface area (Å²) < 4.78 is 34.8. The summed E-state index contributed by atoms with van der Waals surface area (Å²) >= 11 is 0. The Balaban J connectivity index is 2.18. The Hall–Kier alpha value is 0.417. The van der Waals surface area contributed by atoms with Crippen LogP contribution >= 0.6 is 7.47 Å². The van der Waals surface area contributed by atoms with Crippen molar-refractivity contribution >= 4 is 31.2 Å². The number of hydrogen-bond donors (Lipinski definition) is 0. The minimum atomic E-state index is -3.50. The molecule has 2 unspecified atom stereocenters. The number of hydrogen-bond acceptors (Lipinski definition) is 5. The van der Waals surface area contributed by atoms with E-state index >= 15 is 0 Å². The van der Waals surface area contributed by atoms with Gasteiger partial charge in [-0.3, -0.25) is 4.57 Å². The van der Waals surface area contributed by atoms with Crippen LogP contribution in [0.15, 0.2) is 0 Å². The minimum Gasteiger partial charge on any atom is -0.412 e. The van der Waals surface area contributed by atoms with Crippen LogP contribution in [0.25, 0.3) is 0 Å². The van der Waals surface area contributed by atoms with Gasteiger partial charge < -0.3 is 18.2 Å². The lowest BCUT2D eigenvalue weighted by molar-refractivity contribution is -0.0626. The molecule has 5 nitrogen and oxygen atoms in total. The van der Waals surface area contributed by atoms with Crippen molar-refractivity contribution in [1.82, 2.24) is 0 Å². The van der Waals surface area contributed by atoms with Crippen molar-refractivity contribution in [2.24, 2.45) is 5.92 Å². The second-order valence-electron chi connectivity index (χ2n) is 8.18. The lowest BCUT2D eigenvalue weighted by Crippen LogP contribution is -2.49. The van der Waals surface area contributed by atoms with Gasteiger partial charge in [-0.2, -0.15) is 0 Å². The zero-order valence-electron chi connectivity index (χ0n) is 15.0. The molecule has 0 aromatic carbocycles. The number of ether oxygens (including phenoxy) is 1. The average Bonchev–Trinajstić information content (AvgIpc) is 2.53. The highest BCUT2D eigenvalue weighted by Crippen LogP contribution is 2.51. The van der Waals surface area contributed by atoms with E-state index in [1.165, 1.54) is 0 Å². The van der Waals surface area contributed by atoms with E-state index in [1.807, 2.05) is 6.92 Å². The van der Waals surface area contributed by atoms with E-state index < -0.39 is 27.4 Å². The Morgan fingerprint density at radius 1 is 1.30 bits per heavy atom. The monoisotopic (exact) mass is 356 g/mol. The van der Waals surface area contributed by atoms with Gasteiger partial charge in [0.15, 0.2) is 8.32 Å². The molecular formula is C14H27B2O5PSi. The second kappa shape index (κ2) is 6.29. The Bertz CT molecular complexity index is 498. The molecular weight excluding hydrogens is 329 g/mol. The minimum absolute atomic E-state index is 0.00618. The zero-order valence-corrected chi connectivity index (χ0v) is 16.9. The maximum atomic E-state index is 11.8. The summed E-state index contributed by atoms with van der Waals surface area (Å²) in [6.45, 7) is 13.3. The highest BCUT2D eigenvalue weighted by molar-refractivity contribution is 7.79. The summed E-state index contributed by atoms with van der Waals surface area (Å²) in [5.74, 6) is -0.00618. The summed E-state index contributed by atoms with van der Waals surface area (Å²) in [6, 6.07) is -0.544. The van der Waals surface area contributed by atoms with E-state index in [9.17, 15) is 4.57 Å². The van der Waals surface area contributed by atoms with E-state index in [0.29, 0.717) is 6.42 Å². The van der Waals surface area contributed by atoms with Gasteiger partial charge in [0.2, 0.25) is 7.57 Å². The molecule has 9 heteroatoms. The predicted molar refractivity (Wildman–Crippen MR) is 94.5 cm³/mol. The third-order valence-corrected chi connectivity index (χ3v) is 11.0. The maximum Gasteiger partial charge on any atom is 0.263 e. The average molecular weight is 356 g/mol. The molecule has 1 spiro atoms. The summed E-state index contributed by atoms with van der Waals surface area (Å²) in [7, 11) is 6.24. The van der Waals surface area contributed by atoms with Crippen molar-refractivity contribution in [2.75, 3.05) is 13.2 Å². The van der Waals surface area contributed by atoms with E-state index in [0.717, 1.165) is 0 Å². The molecule has 0 amide bonds. The summed E-state index contributed by atoms with van der Waals surface area (Å²) in [4.78, 5) is 0. The van der Waals surface area contributed by atoms with Crippen LogP contribution in [0, 0.1) is 5.92 Å². The van der Waals surface area contributed by atoms with E-state index in [4.69, 9.17) is 33.6 Å². The van der Waals surface area contributed by atoms with Gasteiger partial charge in [0.1, 0.15) is 7.85 Å². The van der Waals surface area contributed by atoms with E-state index in [2.05, 4.69) is 33.9 Å². The van der Waals surface area contributed by atoms with Crippen LogP contribution in [0.4, 0.5) is 0 Å². The van der Waals surface area contributed by atoms with Gasteiger partial charge in [-0.25, -0.2) is 0 Å². The molecule has 2 rings (SSSR count). The molecule has 0 aromatic heterocycles. The largest absolute Gasteiger partial charge is 0.412 e. The Labute approximate surface area is 143 Å². The van der Waals surface area contributed by atoms with Crippen molar-refractivity contribution in [3.63, 3.8) is 0 Å². The van der Waals surface area contributed by atoms with Crippen LogP contribution in [-0.4, -0.2) is 54.7 Å². The molecule has 0 bridgehead atoms. The van der Waals surface area contributed by atoms with Crippen LogP contribution < -0.4 is 0 Å². The number of rotatable bonds is 2. The predicted octanol–water partition coefficient (Wildman–Crippen LogP) is 2.99. The highest BCUT2D eigenvalue weighted by Gasteiger charge is 2.55. The molecule has 128 valence electrons. The Morgan fingerprint density at radius 3 is 2.48 bits per heavy atom. The van der Waals surface area contributed by atoms with E-state index in [1.54, 1.807) is 0 Å². The van der Waals surface area contributed by atoms with Crippen LogP contribution in [0.3, 0.4) is 0 Å². The molecule has 5 atom stereocenters. The van der Waals surface area contributed by atoms with Gasteiger partial charge in [-0.05, 0) is 18.1 Å². The van der Waals surface area contributed by atoms with E-state index in [-0.39, 0.29) is 30.3 Å². The smallest absolute Gasteiger partial charge is 0.263 e. The molecule has 2 aliphatic heterocycles. The summed E-state index contributed by atoms with van der Waals surface area (Å²) in [5, 5.41) is 0.0816. The molecule has 0 N–H and O–H groups in total.